The van der Waals surface area contributed by atoms with Gasteiger partial charge in [0.2, 0.25) is 0 Å². The second-order valence-electron chi connectivity index (χ2n) is 28.5. The van der Waals surface area contributed by atoms with Crippen molar-refractivity contribution < 1.29 is 80.2 Å². The number of phosphoric acid groups is 2. The molecular formula is C77H150O17P2. The Kier molecular flexibility index (Phi) is 67.4. The molecular weight excluding hydrogens is 1260 g/mol. The van der Waals surface area contributed by atoms with E-state index in [2.05, 4.69) is 41.5 Å². The average molecular weight is 1410 g/mol. The third-order valence-electron chi connectivity index (χ3n) is 18.3. The van der Waals surface area contributed by atoms with E-state index in [1.54, 1.807) is 0 Å². The lowest BCUT2D eigenvalue weighted by Gasteiger charge is -2.21. The highest BCUT2D eigenvalue weighted by Crippen LogP contribution is 2.45. The molecule has 0 radical (unpaired) electrons. The molecule has 0 bridgehead atoms. The van der Waals surface area contributed by atoms with Crippen molar-refractivity contribution in [3.8, 4) is 0 Å². The molecule has 0 saturated carbocycles. The largest absolute Gasteiger partial charge is 0.472 e. The fourth-order valence-corrected chi connectivity index (χ4v) is 13.4. The topological polar surface area (TPSA) is 237 Å². The van der Waals surface area contributed by atoms with Gasteiger partial charge in [0.15, 0.2) is 12.2 Å². The van der Waals surface area contributed by atoms with Gasteiger partial charge in [0, 0.05) is 25.7 Å². The van der Waals surface area contributed by atoms with Gasteiger partial charge >= 0.3 is 39.5 Å². The maximum Gasteiger partial charge on any atom is 0.472 e. The number of carbonyl (C=O) groups excluding carboxylic acids is 4. The van der Waals surface area contributed by atoms with Gasteiger partial charge in [0.1, 0.15) is 19.3 Å². The Morgan fingerprint density at radius 1 is 0.302 bits per heavy atom. The minimum Gasteiger partial charge on any atom is -0.462 e. The SMILES string of the molecule is CCCCCCCCCCCCCCCCCCCCCCCC(=O)O[C@H](COC(=O)CCCCCCCCCCCCC(C)CC)COP(=O)(O)OC[C@@H](O)COP(=O)(O)OC[C@@H](COC(=O)CCCCCCCCCC(C)C)OC(=O)CCCCCCCCCCCCC. The van der Waals surface area contributed by atoms with Crippen LogP contribution in [0.1, 0.15) is 401 Å². The minimum atomic E-state index is -4.96. The summed E-state index contributed by atoms with van der Waals surface area (Å²) in [5, 5.41) is 10.6. The molecule has 0 aromatic carbocycles. The predicted octanol–water partition coefficient (Wildman–Crippen LogP) is 22.7. The zero-order valence-corrected chi connectivity index (χ0v) is 64.5. The van der Waals surface area contributed by atoms with Crippen LogP contribution in [0.3, 0.4) is 0 Å². The molecule has 0 saturated heterocycles. The van der Waals surface area contributed by atoms with Crippen molar-refractivity contribution in [3.05, 3.63) is 0 Å². The van der Waals surface area contributed by atoms with Gasteiger partial charge in [-0.15, -0.1) is 0 Å². The number of phosphoric ester groups is 2. The third-order valence-corrected chi connectivity index (χ3v) is 20.2. The summed E-state index contributed by atoms with van der Waals surface area (Å²) in [5.41, 5.74) is 0. The number of aliphatic hydroxyl groups excluding tert-OH is 1. The lowest BCUT2D eigenvalue weighted by atomic mass is 9.99. The van der Waals surface area contributed by atoms with E-state index < -0.39 is 97.5 Å². The van der Waals surface area contributed by atoms with Crippen LogP contribution in [0.5, 0.6) is 0 Å². The summed E-state index contributed by atoms with van der Waals surface area (Å²) in [6.07, 6.45) is 57.0. The first kappa shape index (κ1) is 94.1. The van der Waals surface area contributed by atoms with Crippen LogP contribution in [0, 0.1) is 11.8 Å². The van der Waals surface area contributed by atoms with Crippen LogP contribution in [0.25, 0.3) is 0 Å². The molecule has 570 valence electrons. The van der Waals surface area contributed by atoms with E-state index in [1.165, 1.54) is 212 Å². The van der Waals surface area contributed by atoms with Crippen molar-refractivity contribution in [2.45, 2.75) is 419 Å². The van der Waals surface area contributed by atoms with E-state index in [9.17, 15) is 43.2 Å². The summed E-state index contributed by atoms with van der Waals surface area (Å²) in [6, 6.07) is 0. The predicted molar refractivity (Wildman–Crippen MR) is 391 cm³/mol. The summed E-state index contributed by atoms with van der Waals surface area (Å²) >= 11 is 0. The number of hydrogen-bond donors (Lipinski definition) is 3. The Bertz CT molecular complexity index is 1860. The van der Waals surface area contributed by atoms with E-state index >= 15 is 0 Å². The van der Waals surface area contributed by atoms with Gasteiger partial charge in [0.05, 0.1) is 26.4 Å². The van der Waals surface area contributed by atoms with Crippen molar-refractivity contribution in [2.75, 3.05) is 39.6 Å². The molecule has 0 aromatic rings. The van der Waals surface area contributed by atoms with Crippen LogP contribution in [-0.2, 0) is 65.4 Å². The Morgan fingerprint density at radius 3 is 0.792 bits per heavy atom. The maximum absolute atomic E-state index is 13.1. The highest BCUT2D eigenvalue weighted by atomic mass is 31.2. The lowest BCUT2D eigenvalue weighted by molar-refractivity contribution is -0.161. The first-order chi connectivity index (χ1) is 46.4. The van der Waals surface area contributed by atoms with Gasteiger partial charge in [-0.3, -0.25) is 37.3 Å². The van der Waals surface area contributed by atoms with Crippen LogP contribution in [0.15, 0.2) is 0 Å². The molecule has 0 aromatic heterocycles. The molecule has 17 nitrogen and oxygen atoms in total. The standard InChI is InChI=1S/C77H150O17P2/c1-7-10-12-14-16-18-20-21-22-23-24-25-26-27-28-29-31-37-43-50-56-62-77(82)93-72(65-87-74(79)59-53-47-41-35-33-32-34-40-46-52-58-70(6)9-3)67-91-95(83,84)89-63-71(78)64-90-96(85,86)92-68-73(66-88-75(80)60-54-48-44-38-39-45-51-57-69(4)5)94-76(81)61-55-49-42-36-30-19-17-15-13-11-8-2/h69-73,78H,7-68H2,1-6H3,(H,83,84)(H,85,86)/t70?,71-,72-,73-/m1/s1. The smallest absolute Gasteiger partial charge is 0.462 e. The quantitative estimate of drug-likeness (QED) is 0.0222. The molecule has 3 N–H and O–H groups in total. The van der Waals surface area contributed by atoms with Crippen LogP contribution < -0.4 is 0 Å². The van der Waals surface area contributed by atoms with Crippen LogP contribution in [0.4, 0.5) is 0 Å². The summed E-state index contributed by atoms with van der Waals surface area (Å²) < 4.78 is 68.5. The van der Waals surface area contributed by atoms with Gasteiger partial charge < -0.3 is 33.8 Å². The molecule has 0 aliphatic carbocycles. The highest BCUT2D eigenvalue weighted by Gasteiger charge is 2.30. The molecule has 3 unspecified atom stereocenters. The van der Waals surface area contributed by atoms with Crippen molar-refractivity contribution in [1.82, 2.24) is 0 Å². The fraction of sp³-hybridized carbons (Fsp3) is 0.948. The van der Waals surface area contributed by atoms with E-state index in [4.69, 9.17) is 37.0 Å². The third kappa shape index (κ3) is 69.2. The molecule has 0 heterocycles. The molecule has 0 rings (SSSR count). The number of ether oxygens (including phenoxy) is 4. The van der Waals surface area contributed by atoms with Crippen LogP contribution in [-0.4, -0.2) is 96.7 Å². The first-order valence-corrected chi connectivity index (χ1v) is 43.0. The van der Waals surface area contributed by atoms with Crippen molar-refractivity contribution in [2.24, 2.45) is 11.8 Å². The number of carbonyl (C=O) groups is 4. The van der Waals surface area contributed by atoms with E-state index in [1.807, 2.05) is 0 Å². The van der Waals surface area contributed by atoms with Gasteiger partial charge in [-0.25, -0.2) is 9.13 Å². The second kappa shape index (κ2) is 68.8. The normalized spacial score (nSPS) is 14.3. The Morgan fingerprint density at radius 2 is 0.531 bits per heavy atom. The summed E-state index contributed by atoms with van der Waals surface area (Å²) in [6.45, 7) is 9.57. The highest BCUT2D eigenvalue weighted by molar-refractivity contribution is 7.47. The molecule has 96 heavy (non-hydrogen) atoms. The molecule has 0 aliphatic rings. The summed E-state index contributed by atoms with van der Waals surface area (Å²) in [5.74, 6) is -0.601. The van der Waals surface area contributed by atoms with E-state index in [-0.39, 0.29) is 25.7 Å². The van der Waals surface area contributed by atoms with Gasteiger partial charge in [-0.1, -0.05) is 350 Å². The number of hydrogen-bond acceptors (Lipinski definition) is 15. The number of aliphatic hydroxyl groups is 1. The van der Waals surface area contributed by atoms with Gasteiger partial charge in [-0.2, -0.15) is 0 Å². The molecule has 0 amide bonds. The minimum absolute atomic E-state index is 0.106. The summed E-state index contributed by atoms with van der Waals surface area (Å²) in [7, 11) is -9.91. The molecule has 0 fully saturated rings. The molecule has 19 heteroatoms. The zero-order valence-electron chi connectivity index (χ0n) is 62.7. The number of rotatable bonds is 76. The van der Waals surface area contributed by atoms with Crippen molar-refractivity contribution in [3.63, 3.8) is 0 Å². The number of esters is 4. The maximum atomic E-state index is 13.1. The van der Waals surface area contributed by atoms with Crippen molar-refractivity contribution >= 4 is 39.5 Å². The fourth-order valence-electron chi connectivity index (χ4n) is 11.8. The number of unbranched alkanes of at least 4 members (excludes halogenated alkanes) is 45. The Balaban J connectivity index is 5.20. The Labute approximate surface area is 588 Å². The first-order valence-electron chi connectivity index (χ1n) is 40.0. The summed E-state index contributed by atoms with van der Waals surface area (Å²) in [4.78, 5) is 72.8. The lowest BCUT2D eigenvalue weighted by Crippen LogP contribution is -2.30. The van der Waals surface area contributed by atoms with Crippen LogP contribution >= 0.6 is 15.6 Å². The molecule has 6 atom stereocenters. The van der Waals surface area contributed by atoms with Crippen LogP contribution in [0.2, 0.25) is 0 Å². The molecule has 0 spiro atoms. The zero-order chi connectivity index (χ0) is 70.7. The van der Waals surface area contributed by atoms with Gasteiger partial charge in [0.25, 0.3) is 0 Å². The van der Waals surface area contributed by atoms with E-state index in [0.717, 1.165) is 102 Å². The Hall–Kier alpha value is -1.94. The monoisotopic (exact) mass is 1410 g/mol. The van der Waals surface area contributed by atoms with Crippen molar-refractivity contribution in [1.29, 1.82) is 0 Å². The van der Waals surface area contributed by atoms with E-state index in [0.29, 0.717) is 31.6 Å². The second-order valence-corrected chi connectivity index (χ2v) is 31.4. The average Bonchev–Trinajstić information content (AvgIpc) is 1.27. The molecule has 0 aliphatic heterocycles. The van der Waals surface area contributed by atoms with Gasteiger partial charge in [-0.05, 0) is 37.5 Å².